The van der Waals surface area contributed by atoms with Crippen LogP contribution in [0.1, 0.15) is 31.6 Å². The second kappa shape index (κ2) is 6.45. The second-order valence-corrected chi connectivity index (χ2v) is 5.66. The number of hydrogen-bond donors (Lipinski definition) is 1. The molecule has 6 heteroatoms. The average molecular weight is 308 g/mol. The van der Waals surface area contributed by atoms with Crippen molar-refractivity contribution in [1.82, 2.24) is 15.5 Å². The highest BCUT2D eigenvalue weighted by atomic mass is 35.5. The van der Waals surface area contributed by atoms with Crippen LogP contribution in [0.2, 0.25) is 5.02 Å². The summed E-state index contributed by atoms with van der Waals surface area (Å²) in [6.45, 7) is 0.605. The molecule has 1 N–H and O–H groups in total. The smallest absolute Gasteiger partial charge is 0.240 e. The summed E-state index contributed by atoms with van der Waals surface area (Å²) in [7, 11) is 1.60. The van der Waals surface area contributed by atoms with Crippen LogP contribution < -0.4 is 10.1 Å². The molecule has 1 aliphatic rings. The second-order valence-electron chi connectivity index (χ2n) is 5.22. The van der Waals surface area contributed by atoms with E-state index in [0.29, 0.717) is 35.1 Å². The van der Waals surface area contributed by atoms with Crippen LogP contribution >= 0.6 is 11.6 Å². The maximum atomic E-state index is 5.96. The van der Waals surface area contributed by atoms with Crippen molar-refractivity contribution in [3.8, 4) is 17.1 Å². The van der Waals surface area contributed by atoms with Gasteiger partial charge >= 0.3 is 0 Å². The van der Waals surface area contributed by atoms with Gasteiger partial charge in [-0.2, -0.15) is 4.98 Å². The number of aromatic nitrogens is 2. The highest BCUT2D eigenvalue weighted by molar-refractivity contribution is 6.30. The SMILES string of the molecule is COc1cc(Cl)ccc1-c1noc(CNC2CCCC2)n1. The van der Waals surface area contributed by atoms with Crippen LogP contribution in [-0.2, 0) is 6.54 Å². The normalized spacial score (nSPS) is 15.5. The molecule has 112 valence electrons. The lowest BCUT2D eigenvalue weighted by molar-refractivity contribution is 0.357. The predicted molar refractivity (Wildman–Crippen MR) is 80.4 cm³/mol. The predicted octanol–water partition coefficient (Wildman–Crippen LogP) is 3.43. The molecule has 0 saturated heterocycles. The lowest BCUT2D eigenvalue weighted by Gasteiger charge is -2.08. The van der Waals surface area contributed by atoms with Crippen molar-refractivity contribution in [2.24, 2.45) is 0 Å². The molecule has 1 aliphatic carbocycles. The molecular weight excluding hydrogens is 290 g/mol. The summed E-state index contributed by atoms with van der Waals surface area (Å²) < 4.78 is 10.6. The molecular formula is C15H18ClN3O2. The molecule has 0 atom stereocenters. The van der Waals surface area contributed by atoms with E-state index in [1.807, 2.05) is 6.07 Å². The Morgan fingerprint density at radius 2 is 2.19 bits per heavy atom. The van der Waals surface area contributed by atoms with Crippen LogP contribution in [0, 0.1) is 0 Å². The minimum Gasteiger partial charge on any atom is -0.496 e. The minimum absolute atomic E-state index is 0.520. The maximum absolute atomic E-state index is 5.96. The fraction of sp³-hybridized carbons (Fsp3) is 0.467. The highest BCUT2D eigenvalue weighted by Gasteiger charge is 2.17. The van der Waals surface area contributed by atoms with E-state index < -0.39 is 0 Å². The third-order valence-electron chi connectivity index (χ3n) is 3.77. The van der Waals surface area contributed by atoms with E-state index >= 15 is 0 Å². The zero-order chi connectivity index (χ0) is 14.7. The molecule has 1 aromatic heterocycles. The summed E-state index contributed by atoms with van der Waals surface area (Å²) in [5.74, 6) is 1.75. The third kappa shape index (κ3) is 3.36. The minimum atomic E-state index is 0.520. The molecule has 1 fully saturated rings. The Hall–Kier alpha value is -1.59. The first-order valence-electron chi connectivity index (χ1n) is 7.16. The molecule has 1 saturated carbocycles. The summed E-state index contributed by atoms with van der Waals surface area (Å²) in [6, 6.07) is 5.93. The van der Waals surface area contributed by atoms with Crippen molar-refractivity contribution in [3.05, 3.63) is 29.1 Å². The molecule has 5 nitrogen and oxygen atoms in total. The number of rotatable bonds is 5. The number of hydrogen-bond acceptors (Lipinski definition) is 5. The fourth-order valence-corrected chi connectivity index (χ4v) is 2.81. The Labute approximate surface area is 128 Å². The van der Waals surface area contributed by atoms with E-state index in [4.69, 9.17) is 20.9 Å². The van der Waals surface area contributed by atoms with E-state index in [2.05, 4.69) is 15.5 Å². The Bertz CT molecular complexity index is 609. The molecule has 0 bridgehead atoms. The van der Waals surface area contributed by atoms with Crippen molar-refractivity contribution in [2.45, 2.75) is 38.3 Å². The molecule has 2 aromatic rings. The van der Waals surface area contributed by atoms with Crippen molar-refractivity contribution in [1.29, 1.82) is 0 Å². The Balaban J connectivity index is 1.72. The van der Waals surface area contributed by atoms with Gasteiger partial charge in [-0.25, -0.2) is 0 Å². The van der Waals surface area contributed by atoms with E-state index in [0.717, 1.165) is 5.56 Å². The van der Waals surface area contributed by atoms with Crippen LogP contribution in [0.25, 0.3) is 11.4 Å². The molecule has 0 radical (unpaired) electrons. The third-order valence-corrected chi connectivity index (χ3v) is 4.00. The van der Waals surface area contributed by atoms with Gasteiger partial charge in [0, 0.05) is 11.1 Å². The van der Waals surface area contributed by atoms with Gasteiger partial charge in [0.05, 0.1) is 19.2 Å². The topological polar surface area (TPSA) is 60.2 Å². The molecule has 3 rings (SSSR count). The maximum Gasteiger partial charge on any atom is 0.240 e. The van der Waals surface area contributed by atoms with Gasteiger partial charge in [-0.1, -0.05) is 29.6 Å². The molecule has 1 heterocycles. The molecule has 0 unspecified atom stereocenters. The van der Waals surface area contributed by atoms with E-state index in [1.165, 1.54) is 25.7 Å². The van der Waals surface area contributed by atoms with Gasteiger partial charge in [0.1, 0.15) is 5.75 Å². The first-order chi connectivity index (χ1) is 10.3. The van der Waals surface area contributed by atoms with Gasteiger partial charge in [-0.05, 0) is 31.0 Å². The number of nitrogens with one attached hydrogen (secondary N) is 1. The number of methoxy groups -OCH3 is 1. The van der Waals surface area contributed by atoms with E-state index in [1.54, 1.807) is 19.2 Å². The largest absolute Gasteiger partial charge is 0.496 e. The first-order valence-corrected chi connectivity index (χ1v) is 7.54. The van der Waals surface area contributed by atoms with Gasteiger partial charge in [-0.15, -0.1) is 0 Å². The van der Waals surface area contributed by atoms with E-state index in [-0.39, 0.29) is 0 Å². The average Bonchev–Trinajstić information content (AvgIpc) is 3.16. The number of nitrogens with zero attached hydrogens (tertiary/aromatic N) is 2. The Morgan fingerprint density at radius 1 is 1.38 bits per heavy atom. The van der Waals surface area contributed by atoms with Gasteiger partial charge in [0.2, 0.25) is 11.7 Å². The summed E-state index contributed by atoms with van der Waals surface area (Å²) in [4.78, 5) is 4.42. The number of benzene rings is 1. The Morgan fingerprint density at radius 3 is 2.95 bits per heavy atom. The Kier molecular flexibility index (Phi) is 4.41. The van der Waals surface area contributed by atoms with E-state index in [9.17, 15) is 0 Å². The van der Waals surface area contributed by atoms with Crippen LogP contribution in [-0.4, -0.2) is 23.3 Å². The fourth-order valence-electron chi connectivity index (χ4n) is 2.65. The summed E-state index contributed by atoms with van der Waals surface area (Å²) >= 11 is 5.96. The van der Waals surface area contributed by atoms with Gasteiger partial charge in [0.25, 0.3) is 0 Å². The molecule has 0 amide bonds. The zero-order valence-corrected chi connectivity index (χ0v) is 12.7. The van der Waals surface area contributed by atoms with Crippen molar-refractivity contribution in [3.63, 3.8) is 0 Å². The quantitative estimate of drug-likeness (QED) is 0.917. The lowest BCUT2D eigenvalue weighted by atomic mass is 10.2. The molecule has 0 spiro atoms. The first kappa shape index (κ1) is 14.4. The monoisotopic (exact) mass is 307 g/mol. The summed E-state index contributed by atoms with van der Waals surface area (Å²) in [5.41, 5.74) is 0.776. The van der Waals surface area contributed by atoms with Crippen LogP contribution in [0.3, 0.4) is 0 Å². The van der Waals surface area contributed by atoms with Gasteiger partial charge < -0.3 is 14.6 Å². The molecule has 21 heavy (non-hydrogen) atoms. The van der Waals surface area contributed by atoms with Crippen molar-refractivity contribution in [2.75, 3.05) is 7.11 Å². The van der Waals surface area contributed by atoms with Crippen molar-refractivity contribution >= 4 is 11.6 Å². The standard InChI is InChI=1S/C15H18ClN3O2/c1-20-13-8-10(16)6-7-12(13)15-18-14(21-19-15)9-17-11-4-2-3-5-11/h6-8,11,17H,2-5,9H2,1H3. The van der Waals surface area contributed by atoms with Crippen molar-refractivity contribution < 1.29 is 9.26 Å². The van der Waals surface area contributed by atoms with Crippen LogP contribution in [0.4, 0.5) is 0 Å². The number of ether oxygens (including phenoxy) is 1. The van der Waals surface area contributed by atoms with Gasteiger partial charge in [-0.3, -0.25) is 0 Å². The lowest BCUT2D eigenvalue weighted by Crippen LogP contribution is -2.25. The number of halogens is 1. The van der Waals surface area contributed by atoms with Crippen LogP contribution in [0.15, 0.2) is 22.7 Å². The summed E-state index contributed by atoms with van der Waals surface area (Å²) in [6.07, 6.45) is 5.06. The highest BCUT2D eigenvalue weighted by Crippen LogP contribution is 2.30. The zero-order valence-electron chi connectivity index (χ0n) is 11.9. The molecule has 1 aromatic carbocycles. The van der Waals surface area contributed by atoms with Gasteiger partial charge in [0.15, 0.2) is 0 Å². The van der Waals surface area contributed by atoms with Crippen LogP contribution in [0.5, 0.6) is 5.75 Å². The summed E-state index contributed by atoms with van der Waals surface area (Å²) in [5, 5.41) is 8.09. The molecule has 0 aliphatic heterocycles.